The van der Waals surface area contributed by atoms with Crippen molar-refractivity contribution >= 4 is 34.8 Å². The number of aryl methyl sites for hydroxylation is 2. The molecule has 0 bridgehead atoms. The minimum atomic E-state index is -4.98. The molecule has 5 aromatic rings. The number of benzene rings is 4. The average Bonchev–Trinajstić information content (AvgIpc) is 3.31. The van der Waals surface area contributed by atoms with E-state index in [0.29, 0.717) is 34.0 Å². The molecule has 1 N–H and O–H groups in total. The van der Waals surface area contributed by atoms with E-state index in [9.17, 15) is 35.9 Å². The molecule has 5 rings (SSSR count). The molecule has 0 aliphatic heterocycles. The number of nitrogens with one attached hydrogen (secondary N) is 1. The highest BCUT2D eigenvalue weighted by molar-refractivity contribution is 6.42. The molecule has 0 unspecified atom stereocenters. The third kappa shape index (κ3) is 8.44. The Morgan fingerprint density at radius 3 is 1.91 bits per heavy atom. The summed E-state index contributed by atoms with van der Waals surface area (Å²) in [6.07, 6.45) is -10.3. The number of amides is 1. The van der Waals surface area contributed by atoms with Gasteiger partial charge in [0.15, 0.2) is 0 Å². The molecule has 0 saturated carbocycles. The fourth-order valence-electron chi connectivity index (χ4n) is 4.83. The zero-order valence-electron chi connectivity index (χ0n) is 24.2. The standard InChI is InChI=1S/C33H24Cl2F6N4O2/c34-27-12-9-23(16-28(27)35)30(46)42-26-10-6-21(7-11-26)19-45-31(47)44(18-20-4-2-1-3-5-20)29(43-45)13-8-22-14-24(32(36,37)38)17-25(15-22)33(39,40)41/h1-7,9-12,14-17H,8,13,18-19H2,(H,42,46). The van der Waals surface area contributed by atoms with Crippen molar-refractivity contribution < 1.29 is 31.1 Å². The first-order valence-corrected chi connectivity index (χ1v) is 14.8. The van der Waals surface area contributed by atoms with Crippen molar-refractivity contribution in [3.05, 3.63) is 151 Å². The highest BCUT2D eigenvalue weighted by Crippen LogP contribution is 2.36. The maximum atomic E-state index is 13.5. The van der Waals surface area contributed by atoms with E-state index in [-0.39, 0.29) is 48.4 Å². The van der Waals surface area contributed by atoms with Crippen LogP contribution in [0.25, 0.3) is 0 Å². The van der Waals surface area contributed by atoms with Crippen LogP contribution < -0.4 is 11.0 Å². The second-order valence-corrected chi connectivity index (χ2v) is 11.4. The summed E-state index contributed by atoms with van der Waals surface area (Å²) in [7, 11) is 0. The number of rotatable bonds is 9. The topological polar surface area (TPSA) is 68.9 Å². The van der Waals surface area contributed by atoms with Crippen LogP contribution in [0.2, 0.25) is 10.0 Å². The van der Waals surface area contributed by atoms with E-state index in [1.807, 2.05) is 0 Å². The SMILES string of the molecule is O=C(Nc1ccc(Cn2nc(CCc3cc(C(F)(F)F)cc(C(F)(F)F)c3)n(Cc3ccccc3)c2=O)cc1)c1ccc(Cl)c(Cl)c1. The Morgan fingerprint density at radius 1 is 0.702 bits per heavy atom. The van der Waals surface area contributed by atoms with Gasteiger partial charge in [-0.3, -0.25) is 9.36 Å². The number of carbonyl (C=O) groups excluding carboxylic acids is 1. The molecule has 0 saturated heterocycles. The van der Waals surface area contributed by atoms with Gasteiger partial charge in [-0.25, -0.2) is 9.48 Å². The van der Waals surface area contributed by atoms with Crippen LogP contribution in [0.15, 0.2) is 95.8 Å². The number of carbonyl (C=O) groups is 1. The Kier molecular flexibility index (Phi) is 9.83. The Balaban J connectivity index is 1.38. The monoisotopic (exact) mass is 692 g/mol. The molecule has 4 aromatic carbocycles. The maximum absolute atomic E-state index is 13.5. The number of aromatic nitrogens is 3. The van der Waals surface area contributed by atoms with E-state index in [4.69, 9.17) is 23.2 Å². The van der Waals surface area contributed by atoms with Gasteiger partial charge in [-0.05, 0) is 71.6 Å². The second kappa shape index (κ2) is 13.7. The quantitative estimate of drug-likeness (QED) is 0.158. The molecule has 0 spiro atoms. The van der Waals surface area contributed by atoms with Crippen LogP contribution in [0.5, 0.6) is 0 Å². The summed E-state index contributed by atoms with van der Waals surface area (Å²) in [5, 5.41) is 7.69. The summed E-state index contributed by atoms with van der Waals surface area (Å²) in [4.78, 5) is 26.1. The van der Waals surface area contributed by atoms with Crippen LogP contribution >= 0.6 is 23.2 Å². The second-order valence-electron chi connectivity index (χ2n) is 10.6. The molecule has 0 aliphatic carbocycles. The maximum Gasteiger partial charge on any atom is 0.416 e. The lowest BCUT2D eigenvalue weighted by Gasteiger charge is -2.14. The molecule has 47 heavy (non-hydrogen) atoms. The number of hydrogen-bond acceptors (Lipinski definition) is 3. The molecule has 14 heteroatoms. The minimum absolute atomic E-state index is 0.0103. The Bertz CT molecular complexity index is 1920. The third-order valence-electron chi connectivity index (χ3n) is 7.19. The van der Waals surface area contributed by atoms with Gasteiger partial charge in [-0.15, -0.1) is 0 Å². The molecule has 0 fully saturated rings. The molecular weight excluding hydrogens is 669 g/mol. The van der Waals surface area contributed by atoms with Crippen molar-refractivity contribution in [1.82, 2.24) is 14.3 Å². The van der Waals surface area contributed by atoms with Crippen LogP contribution in [-0.2, 0) is 38.3 Å². The lowest BCUT2D eigenvalue weighted by molar-refractivity contribution is -0.143. The zero-order chi connectivity index (χ0) is 33.9. The number of halogens is 8. The summed E-state index contributed by atoms with van der Waals surface area (Å²) in [5.41, 5.74) is -1.38. The first-order chi connectivity index (χ1) is 22.2. The fraction of sp³-hybridized carbons (Fsp3) is 0.182. The summed E-state index contributed by atoms with van der Waals surface area (Å²) in [6.45, 7) is 0.0987. The van der Waals surface area contributed by atoms with Gasteiger partial charge in [0.1, 0.15) is 5.82 Å². The molecule has 0 aliphatic rings. The van der Waals surface area contributed by atoms with Gasteiger partial charge in [0, 0.05) is 17.7 Å². The Labute approximate surface area is 274 Å². The van der Waals surface area contributed by atoms with Crippen molar-refractivity contribution in [1.29, 1.82) is 0 Å². The number of nitrogens with zero attached hydrogens (tertiary/aromatic N) is 3. The molecule has 6 nitrogen and oxygen atoms in total. The van der Waals surface area contributed by atoms with E-state index in [2.05, 4.69) is 10.4 Å². The van der Waals surface area contributed by atoms with E-state index in [0.717, 1.165) is 5.56 Å². The van der Waals surface area contributed by atoms with Crippen LogP contribution in [0, 0.1) is 0 Å². The van der Waals surface area contributed by atoms with Crippen molar-refractivity contribution in [2.24, 2.45) is 0 Å². The predicted molar refractivity (Wildman–Crippen MR) is 166 cm³/mol. The van der Waals surface area contributed by atoms with Gasteiger partial charge < -0.3 is 5.32 Å². The molecule has 1 amide bonds. The van der Waals surface area contributed by atoms with Crippen LogP contribution in [0.4, 0.5) is 32.0 Å². The molecule has 0 radical (unpaired) electrons. The van der Waals surface area contributed by atoms with Crippen molar-refractivity contribution in [3.8, 4) is 0 Å². The number of alkyl halides is 6. The molecule has 1 heterocycles. The lowest BCUT2D eigenvalue weighted by atomic mass is 10.0. The normalized spacial score (nSPS) is 11.9. The van der Waals surface area contributed by atoms with E-state index in [1.165, 1.54) is 27.4 Å². The summed E-state index contributed by atoms with van der Waals surface area (Å²) in [5.74, 6) is -0.227. The van der Waals surface area contributed by atoms with E-state index >= 15 is 0 Å². The van der Waals surface area contributed by atoms with Crippen LogP contribution in [0.1, 0.15) is 44.0 Å². The van der Waals surface area contributed by atoms with Gasteiger partial charge in [-0.1, -0.05) is 65.7 Å². The molecule has 0 atom stereocenters. The average molecular weight is 693 g/mol. The van der Waals surface area contributed by atoms with Crippen LogP contribution in [0.3, 0.4) is 0 Å². The fourth-order valence-corrected chi connectivity index (χ4v) is 5.12. The van der Waals surface area contributed by atoms with Crippen molar-refractivity contribution in [3.63, 3.8) is 0 Å². The predicted octanol–water partition coefficient (Wildman–Crippen LogP) is 8.52. The number of hydrogen-bond donors (Lipinski definition) is 1. The molecular formula is C33H24Cl2F6N4O2. The van der Waals surface area contributed by atoms with Crippen molar-refractivity contribution in [2.45, 2.75) is 38.3 Å². The Hall–Kier alpha value is -4.55. The van der Waals surface area contributed by atoms with E-state index < -0.39 is 35.1 Å². The minimum Gasteiger partial charge on any atom is -0.322 e. The van der Waals surface area contributed by atoms with Gasteiger partial charge in [0.25, 0.3) is 5.91 Å². The summed E-state index contributed by atoms with van der Waals surface area (Å²) in [6, 6.07) is 21.4. The zero-order valence-corrected chi connectivity index (χ0v) is 25.7. The highest BCUT2D eigenvalue weighted by atomic mass is 35.5. The Morgan fingerprint density at radius 2 is 1.32 bits per heavy atom. The lowest BCUT2D eigenvalue weighted by Crippen LogP contribution is -2.26. The van der Waals surface area contributed by atoms with Gasteiger partial charge in [-0.2, -0.15) is 31.4 Å². The van der Waals surface area contributed by atoms with Crippen molar-refractivity contribution in [2.75, 3.05) is 5.32 Å². The van der Waals surface area contributed by atoms with Crippen LogP contribution in [-0.4, -0.2) is 20.3 Å². The van der Waals surface area contributed by atoms with Gasteiger partial charge >= 0.3 is 18.0 Å². The van der Waals surface area contributed by atoms with Gasteiger partial charge in [0.2, 0.25) is 0 Å². The first kappa shape index (κ1) is 33.8. The summed E-state index contributed by atoms with van der Waals surface area (Å²) >= 11 is 11.9. The largest absolute Gasteiger partial charge is 0.416 e. The smallest absolute Gasteiger partial charge is 0.322 e. The first-order valence-electron chi connectivity index (χ1n) is 14.0. The summed E-state index contributed by atoms with van der Waals surface area (Å²) < 4.78 is 82.9. The highest BCUT2D eigenvalue weighted by Gasteiger charge is 2.36. The van der Waals surface area contributed by atoms with E-state index in [1.54, 1.807) is 54.6 Å². The molecule has 244 valence electrons. The van der Waals surface area contributed by atoms with Gasteiger partial charge in [0.05, 0.1) is 34.3 Å². The number of anilines is 1. The molecule has 1 aromatic heterocycles. The third-order valence-corrected chi connectivity index (χ3v) is 7.93.